The van der Waals surface area contributed by atoms with Crippen molar-refractivity contribution in [3.8, 4) is 0 Å². The molecule has 3 amide bonds. The zero-order valence-electron chi connectivity index (χ0n) is 23.9. The van der Waals surface area contributed by atoms with Gasteiger partial charge >= 0.3 is 0 Å². The first-order valence-electron chi connectivity index (χ1n) is 14.8. The van der Waals surface area contributed by atoms with Crippen LogP contribution in [0.3, 0.4) is 0 Å². The van der Waals surface area contributed by atoms with Crippen LogP contribution in [0.15, 0.2) is 54.6 Å². The first-order valence-corrected chi connectivity index (χ1v) is 15.6. The Morgan fingerprint density at radius 2 is 1.71 bits per heavy atom. The molecule has 6 rings (SSSR count). The summed E-state index contributed by atoms with van der Waals surface area (Å²) >= 11 is 1.58. The van der Waals surface area contributed by atoms with E-state index >= 15 is 0 Å². The molecule has 0 aromatic heterocycles. The fourth-order valence-electron chi connectivity index (χ4n) is 7.44. The summed E-state index contributed by atoms with van der Waals surface area (Å²) in [4.78, 5) is 51.1. The zero-order valence-corrected chi connectivity index (χ0v) is 24.7. The van der Waals surface area contributed by atoms with Crippen molar-refractivity contribution < 1.29 is 24.2 Å². The third kappa shape index (κ3) is 4.63. The number of carbonyl (C=O) groups is 3. The number of aliphatic hydroxyl groups is 1. The molecular formula is C31H40N4O5S. The van der Waals surface area contributed by atoms with Crippen molar-refractivity contribution in [2.24, 2.45) is 11.8 Å². The van der Waals surface area contributed by atoms with E-state index in [1.54, 1.807) is 21.6 Å². The Labute approximate surface area is 246 Å². The van der Waals surface area contributed by atoms with Gasteiger partial charge in [0.05, 0.1) is 42.4 Å². The second-order valence-electron chi connectivity index (χ2n) is 11.8. The number of thioether (sulfide) groups is 1. The topological polar surface area (TPSA) is 93.6 Å². The molecule has 1 aromatic carbocycles. The van der Waals surface area contributed by atoms with Crippen LogP contribution in [0.4, 0.5) is 5.69 Å². The van der Waals surface area contributed by atoms with E-state index in [9.17, 15) is 19.5 Å². The molecular weight excluding hydrogens is 540 g/mol. The Bertz CT molecular complexity index is 1230. The van der Waals surface area contributed by atoms with Crippen LogP contribution in [-0.2, 0) is 19.1 Å². The zero-order chi connectivity index (χ0) is 28.8. The Morgan fingerprint density at radius 1 is 0.976 bits per heavy atom. The number of likely N-dealkylation sites (tertiary alicyclic amines) is 1. The number of amides is 3. The fourth-order valence-corrected chi connectivity index (χ4v) is 9.59. The lowest BCUT2D eigenvalue weighted by Gasteiger charge is -2.40. The van der Waals surface area contributed by atoms with Crippen LogP contribution >= 0.6 is 11.8 Å². The standard InChI is InChI=1S/C31H40N4O5S/c1-3-22(21-36)35-26-29(39)33(16-15-32-17-19-40-20-18-32)13-8-12-31(26)25(28(35)38)24-27(37)34(23-9-5-4-6-10-23)14-7-11-30(24,2)41-31/h4-12,22,24-26,36H,3,13-21H2,1-2H3/t22-,24+,25-,26?,30-,31-/m0/s1. The van der Waals surface area contributed by atoms with Crippen molar-refractivity contribution in [2.75, 3.05) is 64.0 Å². The molecule has 0 bridgehead atoms. The van der Waals surface area contributed by atoms with E-state index in [1.165, 1.54) is 0 Å². The summed E-state index contributed by atoms with van der Waals surface area (Å²) < 4.78 is 3.90. The highest BCUT2D eigenvalue weighted by molar-refractivity contribution is 8.02. The maximum atomic E-state index is 14.6. The van der Waals surface area contributed by atoms with Crippen molar-refractivity contribution >= 4 is 35.2 Å². The second kappa shape index (κ2) is 11.2. The average Bonchev–Trinajstić information content (AvgIpc) is 3.26. The molecule has 0 radical (unpaired) electrons. The van der Waals surface area contributed by atoms with Crippen molar-refractivity contribution in [1.29, 1.82) is 0 Å². The van der Waals surface area contributed by atoms with Gasteiger partial charge in [0.2, 0.25) is 17.7 Å². The molecule has 0 aliphatic carbocycles. The predicted molar refractivity (Wildman–Crippen MR) is 158 cm³/mol. The van der Waals surface area contributed by atoms with E-state index in [1.807, 2.05) is 61.2 Å². The monoisotopic (exact) mass is 580 g/mol. The van der Waals surface area contributed by atoms with Gasteiger partial charge in [0.25, 0.3) is 0 Å². The van der Waals surface area contributed by atoms with Crippen LogP contribution in [0.25, 0.3) is 0 Å². The van der Waals surface area contributed by atoms with E-state index in [0.29, 0.717) is 39.3 Å². The third-order valence-corrected chi connectivity index (χ3v) is 11.3. The molecule has 10 heteroatoms. The largest absolute Gasteiger partial charge is 0.394 e. The Morgan fingerprint density at radius 3 is 2.41 bits per heavy atom. The van der Waals surface area contributed by atoms with Crippen LogP contribution in [0.2, 0.25) is 0 Å². The molecule has 41 heavy (non-hydrogen) atoms. The van der Waals surface area contributed by atoms with Gasteiger partial charge in [0.1, 0.15) is 6.04 Å². The Kier molecular flexibility index (Phi) is 7.78. The molecule has 3 fully saturated rings. The normalized spacial score (nSPS) is 34.4. The van der Waals surface area contributed by atoms with Crippen molar-refractivity contribution in [1.82, 2.24) is 14.7 Å². The fraction of sp³-hybridized carbons (Fsp3) is 0.581. The second-order valence-corrected chi connectivity index (χ2v) is 13.6. The van der Waals surface area contributed by atoms with Crippen LogP contribution in [0.5, 0.6) is 0 Å². The highest BCUT2D eigenvalue weighted by Crippen LogP contribution is 2.66. The quantitative estimate of drug-likeness (QED) is 0.492. The number of rotatable bonds is 7. The summed E-state index contributed by atoms with van der Waals surface area (Å²) in [6.45, 7) is 8.94. The molecule has 5 heterocycles. The van der Waals surface area contributed by atoms with Gasteiger partial charge in [-0.15, -0.1) is 11.8 Å². The number of para-hydroxylation sites is 1. The van der Waals surface area contributed by atoms with Gasteiger partial charge in [-0.1, -0.05) is 49.4 Å². The van der Waals surface area contributed by atoms with E-state index in [4.69, 9.17) is 4.74 Å². The molecule has 1 unspecified atom stereocenters. The van der Waals surface area contributed by atoms with Gasteiger partial charge in [-0.3, -0.25) is 19.3 Å². The maximum Gasteiger partial charge on any atom is 0.247 e. The van der Waals surface area contributed by atoms with E-state index in [2.05, 4.69) is 17.1 Å². The van der Waals surface area contributed by atoms with Gasteiger partial charge in [0.15, 0.2) is 0 Å². The van der Waals surface area contributed by atoms with Crippen molar-refractivity contribution in [3.63, 3.8) is 0 Å². The minimum Gasteiger partial charge on any atom is -0.394 e. The van der Waals surface area contributed by atoms with Crippen molar-refractivity contribution in [2.45, 2.75) is 41.8 Å². The molecule has 5 aliphatic heterocycles. The van der Waals surface area contributed by atoms with E-state index in [-0.39, 0.29) is 24.3 Å². The molecule has 0 saturated carbocycles. The first kappa shape index (κ1) is 28.5. The molecule has 1 aromatic rings. The van der Waals surface area contributed by atoms with Gasteiger partial charge in [-0.25, -0.2) is 0 Å². The molecule has 1 N–H and O–H groups in total. The van der Waals surface area contributed by atoms with Crippen LogP contribution < -0.4 is 4.90 Å². The van der Waals surface area contributed by atoms with Crippen LogP contribution in [-0.4, -0.2) is 118 Å². The van der Waals surface area contributed by atoms with Crippen molar-refractivity contribution in [3.05, 3.63) is 54.6 Å². The predicted octanol–water partition coefficient (Wildman–Crippen LogP) is 1.78. The third-order valence-electron chi connectivity index (χ3n) is 9.51. The summed E-state index contributed by atoms with van der Waals surface area (Å²) in [6, 6.07) is 8.27. The number of nitrogens with zero attached hydrogens (tertiary/aromatic N) is 4. The SMILES string of the molecule is CC[C@@H](CO)N1C(=O)[C@@H]2[C@@H]3C(=O)N(c4ccccc4)CC=C[C@]3(C)S[C@@]23C=CCN(CCN2CCOCC2)C(=O)C13. The molecule has 6 atom stereocenters. The van der Waals surface area contributed by atoms with E-state index < -0.39 is 33.4 Å². The summed E-state index contributed by atoms with van der Waals surface area (Å²) in [5.41, 5.74) is 0.791. The number of fused-ring (bicyclic) bond motifs is 2. The van der Waals surface area contributed by atoms with Gasteiger partial charge in [-0.05, 0) is 25.5 Å². The highest BCUT2D eigenvalue weighted by atomic mass is 32.2. The first-order chi connectivity index (χ1) is 19.8. The lowest BCUT2D eigenvalue weighted by atomic mass is 9.74. The van der Waals surface area contributed by atoms with Gasteiger partial charge < -0.3 is 24.5 Å². The number of hydrogen-bond acceptors (Lipinski definition) is 7. The van der Waals surface area contributed by atoms with Crippen LogP contribution in [0.1, 0.15) is 20.3 Å². The van der Waals surface area contributed by atoms with E-state index in [0.717, 1.165) is 25.3 Å². The van der Waals surface area contributed by atoms with Crippen LogP contribution in [0, 0.1) is 11.8 Å². The summed E-state index contributed by atoms with van der Waals surface area (Å²) in [5, 5.41) is 10.4. The van der Waals surface area contributed by atoms with Gasteiger partial charge in [-0.2, -0.15) is 0 Å². The van der Waals surface area contributed by atoms with Gasteiger partial charge in [0, 0.05) is 49.7 Å². The number of aliphatic hydroxyl groups excluding tert-OH is 1. The highest BCUT2D eigenvalue weighted by Gasteiger charge is 2.74. The summed E-state index contributed by atoms with van der Waals surface area (Å²) in [6.07, 6.45) is 8.68. The smallest absolute Gasteiger partial charge is 0.247 e. The minimum atomic E-state index is -0.913. The maximum absolute atomic E-state index is 14.6. The number of hydrogen-bond donors (Lipinski definition) is 1. The minimum absolute atomic E-state index is 0.0988. The molecule has 9 nitrogen and oxygen atoms in total. The molecule has 220 valence electrons. The molecule has 1 spiro atoms. The number of carbonyl (C=O) groups excluding carboxylic acids is 3. The Balaban J connectivity index is 1.39. The number of anilines is 1. The number of morpholine rings is 1. The molecule has 3 saturated heterocycles. The summed E-state index contributed by atoms with van der Waals surface area (Å²) in [5.74, 6) is -1.78. The lowest BCUT2D eigenvalue weighted by Crippen LogP contribution is -2.57. The lowest BCUT2D eigenvalue weighted by molar-refractivity contribution is -0.146. The Hall–Kier alpha value is -2.66. The number of benzene rings is 1. The average molecular weight is 581 g/mol. The summed E-state index contributed by atoms with van der Waals surface area (Å²) in [7, 11) is 0. The number of ether oxygens (including phenoxy) is 1. The molecule has 5 aliphatic rings.